The minimum atomic E-state index is -0.824. The molecule has 1 atom stereocenters. The average Bonchev–Trinajstić information content (AvgIpc) is 2.35. The molecule has 2 N–H and O–H groups in total. The topological polar surface area (TPSA) is 84.3 Å². The van der Waals surface area contributed by atoms with Crippen molar-refractivity contribution in [2.24, 2.45) is 5.41 Å². The number of hydrogen-bond acceptors (Lipinski definition) is 5. The summed E-state index contributed by atoms with van der Waals surface area (Å²) in [4.78, 5) is 19.2. The summed E-state index contributed by atoms with van der Waals surface area (Å²) < 4.78 is 5.45. The second kappa shape index (κ2) is 6.36. The van der Waals surface area contributed by atoms with E-state index in [1.54, 1.807) is 13.0 Å². The first-order valence-corrected chi connectivity index (χ1v) is 6.33. The normalized spacial score (nSPS) is 13.9. The van der Waals surface area contributed by atoms with Crippen molar-refractivity contribution in [1.82, 2.24) is 9.97 Å². The number of nitrogens with zero attached hydrogens (tertiary/aromatic N) is 2. The largest absolute Gasteiger partial charge is 0.481 e. The Bertz CT molecular complexity index is 437. The van der Waals surface area contributed by atoms with Gasteiger partial charge in [-0.25, -0.2) is 9.97 Å². The fourth-order valence-corrected chi connectivity index (χ4v) is 1.38. The molecule has 0 saturated heterocycles. The van der Waals surface area contributed by atoms with Gasteiger partial charge in [-0.2, -0.15) is 0 Å². The number of rotatable bonds is 7. The van der Waals surface area contributed by atoms with Crippen molar-refractivity contribution in [2.45, 2.75) is 40.2 Å². The molecule has 6 nitrogen and oxygen atoms in total. The molecule has 1 rings (SSSR count). The third kappa shape index (κ3) is 4.39. The lowest BCUT2D eigenvalue weighted by Gasteiger charge is -2.23. The van der Waals surface area contributed by atoms with E-state index in [1.807, 2.05) is 20.8 Å². The lowest BCUT2D eigenvalue weighted by molar-refractivity contribution is -0.147. The first-order valence-electron chi connectivity index (χ1n) is 6.33. The first kappa shape index (κ1) is 15.2. The number of aromatic nitrogens is 2. The summed E-state index contributed by atoms with van der Waals surface area (Å²) in [5.41, 5.74) is -0.815. The monoisotopic (exact) mass is 267 g/mol. The Labute approximate surface area is 113 Å². The Morgan fingerprint density at radius 2 is 2.21 bits per heavy atom. The van der Waals surface area contributed by atoms with E-state index in [1.165, 1.54) is 6.33 Å². The van der Waals surface area contributed by atoms with Gasteiger partial charge in [0.25, 0.3) is 0 Å². The highest BCUT2D eigenvalue weighted by atomic mass is 16.5. The lowest BCUT2D eigenvalue weighted by atomic mass is 9.88. The second-order valence-corrected chi connectivity index (χ2v) is 4.98. The van der Waals surface area contributed by atoms with Gasteiger partial charge in [-0.3, -0.25) is 4.79 Å². The number of carboxylic acid groups (broad SMARTS) is 1. The maximum Gasteiger partial charge on any atom is 0.311 e. The van der Waals surface area contributed by atoms with E-state index in [0.29, 0.717) is 24.7 Å². The minimum Gasteiger partial charge on any atom is -0.481 e. The molecule has 6 heteroatoms. The maximum absolute atomic E-state index is 11.2. The van der Waals surface area contributed by atoms with Crippen LogP contribution in [-0.4, -0.2) is 33.7 Å². The second-order valence-electron chi connectivity index (χ2n) is 4.98. The number of carbonyl (C=O) groups is 1. The van der Waals surface area contributed by atoms with Crippen molar-refractivity contribution in [3.63, 3.8) is 0 Å². The molecule has 0 saturated carbocycles. The van der Waals surface area contributed by atoms with Crippen LogP contribution >= 0.6 is 0 Å². The minimum absolute atomic E-state index is 0.0303. The Kier molecular flexibility index (Phi) is 5.09. The van der Waals surface area contributed by atoms with Gasteiger partial charge < -0.3 is 15.2 Å². The number of ether oxygens (including phenoxy) is 1. The summed E-state index contributed by atoms with van der Waals surface area (Å²) in [7, 11) is 0. The predicted octanol–water partition coefficient (Wildman–Crippen LogP) is 2.18. The zero-order valence-corrected chi connectivity index (χ0v) is 11.8. The molecule has 0 aliphatic heterocycles. The molecule has 0 fully saturated rings. The van der Waals surface area contributed by atoms with E-state index in [4.69, 9.17) is 4.74 Å². The summed E-state index contributed by atoms with van der Waals surface area (Å²) in [6.07, 6.45) is 1.96. The molecule has 0 aliphatic rings. The van der Waals surface area contributed by atoms with E-state index in [0.717, 1.165) is 0 Å². The molecular formula is C13H21N3O3. The van der Waals surface area contributed by atoms with Gasteiger partial charge in [-0.15, -0.1) is 0 Å². The van der Waals surface area contributed by atoms with Gasteiger partial charge in [0.2, 0.25) is 5.88 Å². The van der Waals surface area contributed by atoms with Crippen LogP contribution in [0.5, 0.6) is 5.88 Å². The van der Waals surface area contributed by atoms with Crippen molar-refractivity contribution >= 4 is 11.8 Å². The quantitative estimate of drug-likeness (QED) is 0.787. The van der Waals surface area contributed by atoms with Crippen molar-refractivity contribution in [2.75, 3.05) is 11.9 Å². The summed E-state index contributed by atoms with van der Waals surface area (Å²) >= 11 is 0. The van der Waals surface area contributed by atoms with Gasteiger partial charge in [0.05, 0.1) is 11.5 Å². The molecule has 0 amide bonds. The van der Waals surface area contributed by atoms with E-state index in [2.05, 4.69) is 15.3 Å². The van der Waals surface area contributed by atoms with Crippen molar-refractivity contribution in [3.8, 4) is 5.88 Å². The van der Waals surface area contributed by atoms with E-state index >= 15 is 0 Å². The molecule has 106 valence electrons. The van der Waals surface area contributed by atoms with E-state index < -0.39 is 11.4 Å². The molecule has 1 aromatic heterocycles. The smallest absolute Gasteiger partial charge is 0.311 e. The molecule has 0 aromatic carbocycles. The van der Waals surface area contributed by atoms with Gasteiger partial charge in [-0.1, -0.05) is 6.92 Å². The molecule has 1 unspecified atom stereocenters. The maximum atomic E-state index is 11.2. The summed E-state index contributed by atoms with van der Waals surface area (Å²) in [5, 5.41) is 12.2. The molecule has 0 aliphatic carbocycles. The van der Waals surface area contributed by atoms with Crippen molar-refractivity contribution < 1.29 is 14.6 Å². The van der Waals surface area contributed by atoms with Crippen LogP contribution in [0.25, 0.3) is 0 Å². The fraction of sp³-hybridized carbons (Fsp3) is 0.615. The Hall–Kier alpha value is -1.85. The Balaban J connectivity index is 2.70. The molecular weight excluding hydrogens is 246 g/mol. The van der Waals surface area contributed by atoms with Gasteiger partial charge in [-0.05, 0) is 27.2 Å². The van der Waals surface area contributed by atoms with E-state index in [-0.39, 0.29) is 6.10 Å². The van der Waals surface area contributed by atoms with Crippen molar-refractivity contribution in [3.05, 3.63) is 12.4 Å². The predicted molar refractivity (Wildman–Crippen MR) is 72.3 cm³/mol. The van der Waals surface area contributed by atoms with Crippen LogP contribution in [0.15, 0.2) is 12.4 Å². The third-order valence-electron chi connectivity index (χ3n) is 2.95. The standard InChI is InChI=1S/C13H21N3O3/c1-5-13(4,12(17)18)7-14-10-6-11(16-8-15-10)19-9(2)3/h6,8-9H,5,7H2,1-4H3,(H,17,18)(H,14,15,16). The van der Waals surface area contributed by atoms with Crippen LogP contribution in [0.1, 0.15) is 34.1 Å². The Morgan fingerprint density at radius 3 is 2.74 bits per heavy atom. The summed E-state index contributed by atoms with van der Waals surface area (Å²) in [5.74, 6) is 0.211. The molecule has 1 heterocycles. The molecule has 0 spiro atoms. The summed E-state index contributed by atoms with van der Waals surface area (Å²) in [6, 6.07) is 1.66. The molecule has 0 bridgehead atoms. The highest BCUT2D eigenvalue weighted by Crippen LogP contribution is 2.22. The SMILES string of the molecule is CCC(C)(CNc1cc(OC(C)C)ncn1)C(=O)O. The van der Waals surface area contributed by atoms with Crippen LogP contribution < -0.4 is 10.1 Å². The zero-order valence-electron chi connectivity index (χ0n) is 11.8. The van der Waals surface area contributed by atoms with Crippen LogP contribution in [0.3, 0.4) is 0 Å². The van der Waals surface area contributed by atoms with Gasteiger partial charge in [0.15, 0.2) is 0 Å². The van der Waals surface area contributed by atoms with Crippen LogP contribution in [0.2, 0.25) is 0 Å². The van der Waals surface area contributed by atoms with Crippen LogP contribution in [0.4, 0.5) is 5.82 Å². The van der Waals surface area contributed by atoms with Crippen LogP contribution in [-0.2, 0) is 4.79 Å². The third-order valence-corrected chi connectivity index (χ3v) is 2.95. The number of carboxylic acids is 1. The molecule has 19 heavy (non-hydrogen) atoms. The van der Waals surface area contributed by atoms with E-state index in [9.17, 15) is 9.90 Å². The highest BCUT2D eigenvalue weighted by molar-refractivity contribution is 5.74. The number of nitrogens with one attached hydrogen (secondary N) is 1. The van der Waals surface area contributed by atoms with Crippen LogP contribution in [0, 0.1) is 5.41 Å². The molecule has 0 radical (unpaired) electrons. The van der Waals surface area contributed by atoms with Crippen molar-refractivity contribution in [1.29, 1.82) is 0 Å². The Morgan fingerprint density at radius 1 is 1.53 bits per heavy atom. The number of aliphatic carboxylic acids is 1. The van der Waals surface area contributed by atoms with Gasteiger partial charge >= 0.3 is 5.97 Å². The highest BCUT2D eigenvalue weighted by Gasteiger charge is 2.30. The first-order chi connectivity index (χ1) is 8.87. The molecule has 1 aromatic rings. The number of hydrogen-bond donors (Lipinski definition) is 2. The van der Waals surface area contributed by atoms with Gasteiger partial charge in [0, 0.05) is 12.6 Å². The van der Waals surface area contributed by atoms with Gasteiger partial charge in [0.1, 0.15) is 12.1 Å². The zero-order chi connectivity index (χ0) is 14.5. The summed E-state index contributed by atoms with van der Waals surface area (Å²) in [6.45, 7) is 7.68. The fourth-order valence-electron chi connectivity index (χ4n) is 1.38. The average molecular weight is 267 g/mol. The number of anilines is 1. The lowest BCUT2D eigenvalue weighted by Crippen LogP contribution is -2.34.